The Balaban J connectivity index is 1.48. The van der Waals surface area contributed by atoms with Crippen molar-refractivity contribution in [3.8, 4) is 40.3 Å². The molecule has 0 atom stereocenters. The number of aryl methyl sites for hydroxylation is 3. The highest BCUT2D eigenvalue weighted by Gasteiger charge is 2.29. The van der Waals surface area contributed by atoms with Gasteiger partial charge in [0.05, 0.1) is 56.7 Å². The largest absolute Gasteiger partial charge is 0.497 e. The number of carbonyl (C=O) groups is 2. The standard InChI is InChI=1S/C38H44N10O6/c1-10-48-32(30(23(3)45-48)42-37(50)54-38(4,5)6)34-44-43-33(47(34)21-24-11-14-26(51-7)15-12-24)31-28-19-39-22(2)20-46(28)35(41-31)36(49)40-18-25-13-16-27(52-8)17-29(25)53-9/h11-17,19-20H,10,18,21H2,1-9H3,(H,40,49)(H,42,50). The number of carbonyl (C=O) groups excluding carboxylic acids is 2. The maximum absolute atomic E-state index is 13.9. The van der Waals surface area contributed by atoms with E-state index in [0.29, 0.717) is 76.0 Å². The van der Waals surface area contributed by atoms with Crippen LogP contribution in [-0.4, -0.2) is 77.8 Å². The Labute approximate surface area is 312 Å². The molecule has 0 aliphatic rings. The summed E-state index contributed by atoms with van der Waals surface area (Å²) in [6.07, 6.45) is 2.77. The lowest BCUT2D eigenvalue weighted by atomic mass is 10.2. The van der Waals surface area contributed by atoms with Gasteiger partial charge in [0.1, 0.15) is 34.2 Å². The van der Waals surface area contributed by atoms with Crippen molar-refractivity contribution in [3.63, 3.8) is 0 Å². The maximum atomic E-state index is 13.9. The Morgan fingerprint density at radius 2 is 1.61 bits per heavy atom. The minimum absolute atomic E-state index is 0.125. The molecule has 2 amide bonds. The molecule has 0 spiro atoms. The van der Waals surface area contributed by atoms with Crippen molar-refractivity contribution in [1.82, 2.24) is 44.2 Å². The summed E-state index contributed by atoms with van der Waals surface area (Å²) in [5.41, 5.74) is 4.06. The molecule has 282 valence electrons. The first kappa shape index (κ1) is 37.3. The van der Waals surface area contributed by atoms with Gasteiger partial charge in [-0.15, -0.1) is 10.2 Å². The van der Waals surface area contributed by atoms with E-state index in [1.807, 2.05) is 48.7 Å². The van der Waals surface area contributed by atoms with Crippen molar-refractivity contribution in [2.45, 2.75) is 66.8 Å². The maximum Gasteiger partial charge on any atom is 0.412 e. The van der Waals surface area contributed by atoms with E-state index in [4.69, 9.17) is 29.0 Å². The minimum atomic E-state index is -0.722. The summed E-state index contributed by atoms with van der Waals surface area (Å²) >= 11 is 0. The second-order valence-electron chi connectivity index (χ2n) is 13.5. The molecule has 16 heteroatoms. The molecule has 2 aromatic carbocycles. The fourth-order valence-corrected chi connectivity index (χ4v) is 5.97. The number of benzene rings is 2. The van der Waals surface area contributed by atoms with Gasteiger partial charge in [0.15, 0.2) is 11.6 Å². The number of anilines is 1. The van der Waals surface area contributed by atoms with Crippen LogP contribution in [-0.2, 0) is 24.4 Å². The molecule has 0 aliphatic heterocycles. The molecule has 6 rings (SSSR count). The van der Waals surface area contributed by atoms with E-state index < -0.39 is 17.6 Å². The number of aromatic nitrogens is 8. The third kappa shape index (κ3) is 7.67. The highest BCUT2D eigenvalue weighted by Crippen LogP contribution is 2.35. The summed E-state index contributed by atoms with van der Waals surface area (Å²) in [5, 5.41) is 20.0. The Morgan fingerprint density at radius 3 is 2.28 bits per heavy atom. The zero-order valence-corrected chi connectivity index (χ0v) is 31.8. The minimum Gasteiger partial charge on any atom is -0.497 e. The van der Waals surface area contributed by atoms with Crippen molar-refractivity contribution >= 4 is 23.2 Å². The van der Waals surface area contributed by atoms with E-state index in [0.717, 1.165) is 11.1 Å². The molecule has 0 bridgehead atoms. The molecule has 16 nitrogen and oxygen atoms in total. The Bertz CT molecular complexity index is 2320. The monoisotopic (exact) mass is 736 g/mol. The van der Waals surface area contributed by atoms with Crippen LogP contribution in [0.15, 0.2) is 54.9 Å². The lowest BCUT2D eigenvalue weighted by molar-refractivity contribution is 0.0635. The quantitative estimate of drug-likeness (QED) is 0.155. The van der Waals surface area contributed by atoms with Crippen LogP contribution < -0.4 is 24.8 Å². The van der Waals surface area contributed by atoms with Crippen LogP contribution in [0.1, 0.15) is 60.8 Å². The Morgan fingerprint density at radius 1 is 0.907 bits per heavy atom. The normalized spacial score (nSPS) is 11.4. The number of nitrogens with one attached hydrogen (secondary N) is 2. The number of ether oxygens (including phenoxy) is 4. The molecule has 0 aliphatic carbocycles. The Hall–Kier alpha value is -6.45. The molecule has 4 heterocycles. The zero-order valence-electron chi connectivity index (χ0n) is 31.8. The van der Waals surface area contributed by atoms with Crippen molar-refractivity contribution < 1.29 is 28.5 Å². The van der Waals surface area contributed by atoms with E-state index in [1.54, 1.807) is 82.6 Å². The molecule has 0 fully saturated rings. The van der Waals surface area contributed by atoms with Gasteiger partial charge in [-0.05, 0) is 71.4 Å². The van der Waals surface area contributed by atoms with Gasteiger partial charge in [0, 0.05) is 30.9 Å². The number of hydrogen-bond donors (Lipinski definition) is 2. The molecule has 0 saturated carbocycles. The van der Waals surface area contributed by atoms with Gasteiger partial charge in [-0.2, -0.15) is 5.10 Å². The number of hydrogen-bond acceptors (Lipinski definition) is 11. The predicted molar refractivity (Wildman–Crippen MR) is 201 cm³/mol. The molecular weight excluding hydrogens is 692 g/mol. The number of amides is 2. The second kappa shape index (κ2) is 15.3. The van der Waals surface area contributed by atoms with Gasteiger partial charge >= 0.3 is 6.09 Å². The summed E-state index contributed by atoms with van der Waals surface area (Å²) < 4.78 is 27.2. The van der Waals surface area contributed by atoms with Gasteiger partial charge < -0.3 is 24.3 Å². The van der Waals surface area contributed by atoms with E-state index in [1.165, 1.54) is 0 Å². The van der Waals surface area contributed by atoms with E-state index in [9.17, 15) is 9.59 Å². The summed E-state index contributed by atoms with van der Waals surface area (Å²) in [4.78, 5) is 36.4. The smallest absolute Gasteiger partial charge is 0.412 e. The van der Waals surface area contributed by atoms with E-state index in [-0.39, 0.29) is 12.4 Å². The highest BCUT2D eigenvalue weighted by molar-refractivity contribution is 5.94. The topological polar surface area (TPSA) is 174 Å². The molecule has 0 unspecified atom stereocenters. The Kier molecular flexibility index (Phi) is 10.5. The molecule has 4 aromatic heterocycles. The first-order chi connectivity index (χ1) is 25.8. The molecule has 6 aromatic rings. The molecule has 2 N–H and O–H groups in total. The van der Waals surface area contributed by atoms with Crippen LogP contribution in [0.4, 0.5) is 10.5 Å². The van der Waals surface area contributed by atoms with Crippen LogP contribution in [0.2, 0.25) is 0 Å². The molecule has 0 saturated heterocycles. The first-order valence-corrected chi connectivity index (χ1v) is 17.3. The summed E-state index contributed by atoms with van der Waals surface area (Å²) in [7, 11) is 4.75. The lowest BCUT2D eigenvalue weighted by Crippen LogP contribution is -2.27. The highest BCUT2D eigenvalue weighted by atomic mass is 16.6. The van der Waals surface area contributed by atoms with Crippen molar-refractivity contribution in [3.05, 3.63) is 83.2 Å². The first-order valence-electron chi connectivity index (χ1n) is 17.3. The fraction of sp³-hybridized carbons (Fsp3) is 0.342. The second-order valence-corrected chi connectivity index (χ2v) is 13.5. The molecular formula is C38H44N10O6. The number of rotatable bonds is 12. The predicted octanol–water partition coefficient (Wildman–Crippen LogP) is 5.84. The van der Waals surface area contributed by atoms with Crippen molar-refractivity contribution in [2.24, 2.45) is 0 Å². The van der Waals surface area contributed by atoms with Crippen LogP contribution in [0.3, 0.4) is 0 Å². The number of fused-ring (bicyclic) bond motifs is 1. The van der Waals surface area contributed by atoms with Gasteiger partial charge in [-0.25, -0.2) is 9.78 Å². The average Bonchev–Trinajstić information content (AvgIpc) is 3.82. The van der Waals surface area contributed by atoms with Gasteiger partial charge in [-0.1, -0.05) is 12.1 Å². The summed E-state index contributed by atoms with van der Waals surface area (Å²) in [5.74, 6) is 2.39. The van der Waals surface area contributed by atoms with Crippen LogP contribution in [0.5, 0.6) is 17.2 Å². The van der Waals surface area contributed by atoms with E-state index in [2.05, 4.69) is 25.8 Å². The van der Waals surface area contributed by atoms with Gasteiger partial charge in [0.25, 0.3) is 5.91 Å². The molecule has 54 heavy (non-hydrogen) atoms. The number of imidazole rings is 1. The summed E-state index contributed by atoms with van der Waals surface area (Å²) in [6.45, 7) is 11.9. The van der Waals surface area contributed by atoms with Crippen LogP contribution >= 0.6 is 0 Å². The number of nitrogens with zero attached hydrogens (tertiary/aromatic N) is 8. The average molecular weight is 737 g/mol. The third-order valence-corrected chi connectivity index (χ3v) is 8.52. The van der Waals surface area contributed by atoms with Gasteiger partial charge in [0.2, 0.25) is 5.82 Å². The van der Waals surface area contributed by atoms with Crippen LogP contribution in [0.25, 0.3) is 28.6 Å². The SMILES string of the molecule is CCn1nc(C)c(NC(=O)OC(C)(C)C)c1-c1nnc(-c2nc(C(=O)NCc3ccc(OC)cc3OC)n3cc(C)ncc23)n1Cc1ccc(OC)cc1. The van der Waals surface area contributed by atoms with Crippen molar-refractivity contribution in [1.29, 1.82) is 0 Å². The number of methoxy groups -OCH3 is 3. The lowest BCUT2D eigenvalue weighted by Gasteiger charge is -2.20. The molecule has 0 radical (unpaired) electrons. The summed E-state index contributed by atoms with van der Waals surface area (Å²) in [6, 6.07) is 13.0. The van der Waals surface area contributed by atoms with Crippen molar-refractivity contribution in [2.75, 3.05) is 26.6 Å². The van der Waals surface area contributed by atoms with Gasteiger partial charge in [-0.3, -0.25) is 28.7 Å². The van der Waals surface area contributed by atoms with E-state index >= 15 is 0 Å². The van der Waals surface area contributed by atoms with Crippen LogP contribution in [0, 0.1) is 13.8 Å². The fourth-order valence-electron chi connectivity index (χ4n) is 5.97. The third-order valence-electron chi connectivity index (χ3n) is 8.52. The zero-order chi connectivity index (χ0) is 38.7.